The molecule has 3 rings (SSSR count). The van der Waals surface area contributed by atoms with Gasteiger partial charge >= 0.3 is 0 Å². The molecule has 0 aromatic heterocycles. The third kappa shape index (κ3) is 5.22. The van der Waals surface area contributed by atoms with E-state index in [-0.39, 0.29) is 29.9 Å². The van der Waals surface area contributed by atoms with Gasteiger partial charge in [0.25, 0.3) is 5.91 Å². The smallest absolute Gasteiger partial charge is 0.253 e. The van der Waals surface area contributed by atoms with Crippen molar-refractivity contribution in [3.63, 3.8) is 0 Å². The van der Waals surface area contributed by atoms with E-state index in [2.05, 4.69) is 39.5 Å². The number of carbonyl (C=O) groups is 1. The molecule has 0 fully saturated rings. The molecule has 2 aromatic carbocycles. The van der Waals surface area contributed by atoms with Gasteiger partial charge in [-0.15, -0.1) is 24.0 Å². The zero-order chi connectivity index (χ0) is 18.5. The zero-order valence-electron chi connectivity index (χ0n) is 16.1. The van der Waals surface area contributed by atoms with E-state index in [0.717, 1.165) is 31.0 Å². The minimum Gasteiger partial charge on any atom is -0.352 e. The van der Waals surface area contributed by atoms with Crippen LogP contribution in [0, 0.1) is 0 Å². The summed E-state index contributed by atoms with van der Waals surface area (Å²) in [4.78, 5) is 20.3. The van der Waals surface area contributed by atoms with Gasteiger partial charge in [0, 0.05) is 46.3 Å². The van der Waals surface area contributed by atoms with Gasteiger partial charge in [-0.2, -0.15) is 0 Å². The summed E-state index contributed by atoms with van der Waals surface area (Å²) in [6, 6.07) is 16.3. The highest BCUT2D eigenvalue weighted by Crippen LogP contribution is 2.18. The second-order valence-electron chi connectivity index (χ2n) is 6.74. The second kappa shape index (κ2) is 9.73. The quantitative estimate of drug-likeness (QED) is 0.419. The molecule has 1 N–H and O–H groups in total. The number of nitrogens with one attached hydrogen (secondary N) is 1. The van der Waals surface area contributed by atoms with Crippen molar-refractivity contribution in [3.05, 3.63) is 70.8 Å². The average molecular weight is 478 g/mol. The minimum absolute atomic E-state index is 0. The Hall–Kier alpha value is -2.09. The van der Waals surface area contributed by atoms with Gasteiger partial charge in [-0.25, -0.2) is 0 Å². The second-order valence-corrected chi connectivity index (χ2v) is 6.74. The Kier molecular flexibility index (Phi) is 7.65. The number of hydrogen-bond acceptors (Lipinski definition) is 2. The molecule has 5 nitrogen and oxygen atoms in total. The standard InChI is InChI=1S/C21H26N4O.HI/c1-22-21(25-13-12-17-6-4-5-7-19(17)15-25)23-14-16-8-10-18(11-9-16)20(26)24(2)3;/h4-11H,12-15H2,1-3H3,(H,22,23);1H. The molecule has 0 atom stereocenters. The van der Waals surface area contributed by atoms with Crippen LogP contribution in [0.1, 0.15) is 27.0 Å². The maximum Gasteiger partial charge on any atom is 0.253 e. The van der Waals surface area contributed by atoms with Gasteiger partial charge in [0.1, 0.15) is 0 Å². The molecule has 27 heavy (non-hydrogen) atoms. The van der Waals surface area contributed by atoms with Crippen molar-refractivity contribution >= 4 is 35.8 Å². The number of guanidine groups is 1. The third-order valence-electron chi connectivity index (χ3n) is 4.70. The molecular formula is C21H27IN4O. The molecule has 0 aliphatic carbocycles. The number of aliphatic imine (C=N–C) groups is 1. The topological polar surface area (TPSA) is 47.9 Å². The highest BCUT2D eigenvalue weighted by atomic mass is 127. The number of fused-ring (bicyclic) bond motifs is 1. The normalized spacial score (nSPS) is 13.4. The molecule has 1 aliphatic rings. The molecule has 2 aromatic rings. The first kappa shape index (κ1) is 21.2. The molecule has 1 aliphatic heterocycles. The molecule has 0 spiro atoms. The summed E-state index contributed by atoms with van der Waals surface area (Å²) in [6.07, 6.45) is 1.04. The monoisotopic (exact) mass is 478 g/mol. The van der Waals surface area contributed by atoms with Crippen LogP contribution in [-0.2, 0) is 19.5 Å². The van der Waals surface area contributed by atoms with Crippen molar-refractivity contribution in [2.75, 3.05) is 27.7 Å². The predicted molar refractivity (Wildman–Crippen MR) is 121 cm³/mol. The van der Waals surface area contributed by atoms with E-state index in [1.165, 1.54) is 11.1 Å². The maximum atomic E-state index is 12.0. The first-order valence-corrected chi connectivity index (χ1v) is 8.91. The third-order valence-corrected chi connectivity index (χ3v) is 4.70. The van der Waals surface area contributed by atoms with Crippen LogP contribution < -0.4 is 5.32 Å². The van der Waals surface area contributed by atoms with Gasteiger partial charge in [0.15, 0.2) is 5.96 Å². The van der Waals surface area contributed by atoms with Crippen molar-refractivity contribution in [2.24, 2.45) is 4.99 Å². The molecule has 0 saturated heterocycles. The van der Waals surface area contributed by atoms with Crippen LogP contribution >= 0.6 is 24.0 Å². The Balaban J connectivity index is 0.00000261. The Bertz CT molecular complexity index is 802. The van der Waals surface area contributed by atoms with Gasteiger partial charge in [0.2, 0.25) is 0 Å². The minimum atomic E-state index is 0. The molecule has 6 heteroatoms. The molecule has 0 radical (unpaired) electrons. The summed E-state index contributed by atoms with van der Waals surface area (Å²) in [6.45, 7) is 2.53. The van der Waals surface area contributed by atoms with Gasteiger partial charge in [-0.05, 0) is 35.2 Å². The number of carbonyl (C=O) groups excluding carboxylic acids is 1. The van der Waals surface area contributed by atoms with Crippen LogP contribution in [-0.4, -0.2) is 49.4 Å². The Labute approximate surface area is 178 Å². The van der Waals surface area contributed by atoms with Crippen molar-refractivity contribution in [2.45, 2.75) is 19.5 Å². The fourth-order valence-electron chi connectivity index (χ4n) is 3.21. The van der Waals surface area contributed by atoms with E-state index >= 15 is 0 Å². The SMILES string of the molecule is CN=C(NCc1ccc(C(=O)N(C)C)cc1)N1CCc2ccccc2C1.I. The lowest BCUT2D eigenvalue weighted by atomic mass is 10.0. The van der Waals surface area contributed by atoms with Crippen molar-refractivity contribution < 1.29 is 4.79 Å². The van der Waals surface area contributed by atoms with Crippen LogP contribution in [0.2, 0.25) is 0 Å². The molecule has 144 valence electrons. The lowest BCUT2D eigenvalue weighted by Crippen LogP contribution is -2.43. The Morgan fingerprint density at radius 2 is 1.78 bits per heavy atom. The van der Waals surface area contributed by atoms with Gasteiger partial charge in [0.05, 0.1) is 0 Å². The summed E-state index contributed by atoms with van der Waals surface area (Å²) in [5, 5.41) is 3.44. The fraction of sp³-hybridized carbons (Fsp3) is 0.333. The summed E-state index contributed by atoms with van der Waals surface area (Å²) in [7, 11) is 5.35. The van der Waals surface area contributed by atoms with Crippen LogP contribution in [0.25, 0.3) is 0 Å². The first-order valence-electron chi connectivity index (χ1n) is 8.91. The Morgan fingerprint density at radius 1 is 1.11 bits per heavy atom. The molecule has 0 saturated carbocycles. The molecular weight excluding hydrogens is 451 g/mol. The molecule has 1 heterocycles. The first-order chi connectivity index (χ1) is 12.6. The van der Waals surface area contributed by atoms with E-state index in [9.17, 15) is 4.79 Å². The highest BCUT2D eigenvalue weighted by Gasteiger charge is 2.18. The van der Waals surface area contributed by atoms with E-state index in [1.807, 2.05) is 31.3 Å². The number of rotatable bonds is 3. The van der Waals surface area contributed by atoms with E-state index in [4.69, 9.17) is 0 Å². The van der Waals surface area contributed by atoms with Gasteiger partial charge in [-0.3, -0.25) is 9.79 Å². The summed E-state index contributed by atoms with van der Waals surface area (Å²) in [5.74, 6) is 0.931. The average Bonchev–Trinajstić information content (AvgIpc) is 2.68. The maximum absolute atomic E-state index is 12.0. The number of benzene rings is 2. The van der Waals surface area contributed by atoms with Crippen LogP contribution in [0.3, 0.4) is 0 Å². The largest absolute Gasteiger partial charge is 0.352 e. The number of hydrogen-bond donors (Lipinski definition) is 1. The van der Waals surface area contributed by atoms with Crippen molar-refractivity contribution in [1.29, 1.82) is 0 Å². The van der Waals surface area contributed by atoms with Crippen LogP contribution in [0.4, 0.5) is 0 Å². The van der Waals surface area contributed by atoms with E-state index < -0.39 is 0 Å². The van der Waals surface area contributed by atoms with Crippen LogP contribution in [0.15, 0.2) is 53.5 Å². The highest BCUT2D eigenvalue weighted by molar-refractivity contribution is 14.0. The van der Waals surface area contributed by atoms with Crippen LogP contribution in [0.5, 0.6) is 0 Å². The lowest BCUT2D eigenvalue weighted by Gasteiger charge is -2.31. The summed E-state index contributed by atoms with van der Waals surface area (Å²) < 4.78 is 0. The fourth-order valence-corrected chi connectivity index (χ4v) is 3.21. The predicted octanol–water partition coefficient (Wildman–Crippen LogP) is 3.14. The van der Waals surface area contributed by atoms with Crippen molar-refractivity contribution in [1.82, 2.24) is 15.1 Å². The molecule has 1 amide bonds. The van der Waals surface area contributed by atoms with Gasteiger partial charge in [-0.1, -0.05) is 36.4 Å². The van der Waals surface area contributed by atoms with Gasteiger partial charge < -0.3 is 15.1 Å². The van der Waals surface area contributed by atoms with E-state index in [1.54, 1.807) is 19.0 Å². The van der Waals surface area contributed by atoms with Crippen molar-refractivity contribution in [3.8, 4) is 0 Å². The summed E-state index contributed by atoms with van der Waals surface area (Å²) in [5.41, 5.74) is 4.63. The molecule has 0 unspecified atom stereocenters. The zero-order valence-corrected chi connectivity index (χ0v) is 18.4. The number of nitrogens with zero attached hydrogens (tertiary/aromatic N) is 3. The molecule has 0 bridgehead atoms. The summed E-state index contributed by atoms with van der Waals surface area (Å²) >= 11 is 0. The van der Waals surface area contributed by atoms with E-state index in [0.29, 0.717) is 12.1 Å². The number of halogens is 1. The number of amides is 1. The Morgan fingerprint density at radius 3 is 2.41 bits per heavy atom. The lowest BCUT2D eigenvalue weighted by molar-refractivity contribution is 0.0827.